The summed E-state index contributed by atoms with van der Waals surface area (Å²) >= 11 is 12.0. The Balaban J connectivity index is 2.19. The van der Waals surface area contributed by atoms with Gasteiger partial charge in [0.05, 0.1) is 11.4 Å². The van der Waals surface area contributed by atoms with E-state index in [2.05, 4.69) is 11.4 Å². The van der Waals surface area contributed by atoms with Gasteiger partial charge in [-0.3, -0.25) is 0 Å². The molecule has 0 fully saturated rings. The van der Waals surface area contributed by atoms with Crippen LogP contribution in [0.3, 0.4) is 0 Å². The minimum absolute atomic E-state index is 0.615. The highest BCUT2D eigenvalue weighted by atomic mass is 35.5. The molecule has 0 aliphatic carbocycles. The summed E-state index contributed by atoms with van der Waals surface area (Å²) in [6.45, 7) is 4.68. The quantitative estimate of drug-likeness (QED) is 0.798. The molecule has 19 heavy (non-hydrogen) atoms. The monoisotopic (exact) mass is 294 g/mol. The number of hydrogen-bond donors (Lipinski definition) is 2. The first kappa shape index (κ1) is 14.0. The van der Waals surface area contributed by atoms with E-state index in [1.165, 1.54) is 0 Å². The molecule has 0 saturated heterocycles. The number of halogens is 2. The average Bonchev–Trinajstić information content (AvgIpc) is 2.30. The van der Waals surface area contributed by atoms with Crippen LogP contribution < -0.4 is 11.1 Å². The summed E-state index contributed by atoms with van der Waals surface area (Å²) in [5.74, 6) is 0. The van der Waals surface area contributed by atoms with Gasteiger partial charge in [-0.25, -0.2) is 0 Å². The van der Waals surface area contributed by atoms with Crippen molar-refractivity contribution in [3.8, 4) is 0 Å². The Morgan fingerprint density at radius 3 is 2.47 bits per heavy atom. The van der Waals surface area contributed by atoms with Gasteiger partial charge in [0.1, 0.15) is 0 Å². The molecule has 2 aromatic carbocycles. The van der Waals surface area contributed by atoms with Gasteiger partial charge in [0.15, 0.2) is 0 Å². The maximum atomic E-state index is 6.14. The highest BCUT2D eigenvalue weighted by Crippen LogP contribution is 2.27. The molecule has 0 aliphatic heterocycles. The van der Waals surface area contributed by atoms with E-state index in [9.17, 15) is 0 Å². The molecule has 0 spiro atoms. The van der Waals surface area contributed by atoms with Gasteiger partial charge < -0.3 is 11.1 Å². The first-order valence-electron chi connectivity index (χ1n) is 6.02. The third kappa shape index (κ3) is 3.34. The molecule has 0 amide bonds. The smallest absolute Gasteiger partial charge is 0.0606 e. The summed E-state index contributed by atoms with van der Waals surface area (Å²) in [5, 5.41) is 4.63. The molecule has 0 bridgehead atoms. The second-order valence-corrected chi connectivity index (χ2v) is 5.48. The molecule has 0 radical (unpaired) electrons. The lowest BCUT2D eigenvalue weighted by Crippen LogP contribution is -2.05. The van der Waals surface area contributed by atoms with Crippen LogP contribution in [-0.4, -0.2) is 0 Å². The Morgan fingerprint density at radius 1 is 1.11 bits per heavy atom. The number of nitrogen functional groups attached to an aromatic ring is 1. The molecular weight excluding hydrogens is 279 g/mol. The Labute approximate surface area is 123 Å². The summed E-state index contributed by atoms with van der Waals surface area (Å²) < 4.78 is 0. The lowest BCUT2D eigenvalue weighted by atomic mass is 10.1. The van der Waals surface area contributed by atoms with Gasteiger partial charge in [0.2, 0.25) is 0 Å². The third-order valence-electron chi connectivity index (χ3n) is 2.98. The van der Waals surface area contributed by atoms with Gasteiger partial charge in [-0.1, -0.05) is 35.3 Å². The molecule has 0 unspecified atom stereocenters. The number of nitrogens with one attached hydrogen (secondary N) is 1. The van der Waals surface area contributed by atoms with Crippen molar-refractivity contribution in [2.45, 2.75) is 20.4 Å². The largest absolute Gasteiger partial charge is 0.397 e. The van der Waals surface area contributed by atoms with E-state index in [-0.39, 0.29) is 0 Å². The topological polar surface area (TPSA) is 38.0 Å². The minimum atomic E-state index is 0.615. The van der Waals surface area contributed by atoms with Crippen molar-refractivity contribution >= 4 is 34.6 Å². The number of aryl methyl sites for hydroxylation is 2. The summed E-state index contributed by atoms with van der Waals surface area (Å²) in [7, 11) is 0. The van der Waals surface area contributed by atoms with E-state index in [1.54, 1.807) is 6.07 Å². The van der Waals surface area contributed by atoms with Gasteiger partial charge in [-0.15, -0.1) is 0 Å². The zero-order chi connectivity index (χ0) is 14.0. The predicted octanol–water partition coefficient (Wildman–Crippen LogP) is 4.80. The Morgan fingerprint density at radius 2 is 1.84 bits per heavy atom. The zero-order valence-electron chi connectivity index (χ0n) is 10.9. The third-order valence-corrected chi connectivity index (χ3v) is 3.57. The highest BCUT2D eigenvalue weighted by Gasteiger charge is 2.06. The van der Waals surface area contributed by atoms with E-state index in [0.717, 1.165) is 28.1 Å². The molecule has 3 N–H and O–H groups in total. The number of nitrogens with two attached hydrogens (primary N) is 1. The minimum Gasteiger partial charge on any atom is -0.397 e. The lowest BCUT2D eigenvalue weighted by molar-refractivity contribution is 1.14. The van der Waals surface area contributed by atoms with Gasteiger partial charge in [-0.2, -0.15) is 0 Å². The molecule has 2 nitrogen and oxygen atoms in total. The molecule has 0 saturated carbocycles. The van der Waals surface area contributed by atoms with Crippen molar-refractivity contribution in [2.24, 2.45) is 0 Å². The van der Waals surface area contributed by atoms with E-state index in [4.69, 9.17) is 28.9 Å². The molecule has 0 aliphatic rings. The Hall–Kier alpha value is -1.38. The standard InChI is InChI=1S/C15H16Cl2N2/c1-9-5-10(2)15(14(18)6-9)19-8-11-3-4-12(16)7-13(11)17/h3-7,19H,8,18H2,1-2H3. The molecule has 2 aromatic rings. The summed E-state index contributed by atoms with van der Waals surface area (Å²) in [5.41, 5.74) is 11.0. The van der Waals surface area contributed by atoms with Crippen LogP contribution in [0.5, 0.6) is 0 Å². The van der Waals surface area contributed by atoms with Gasteiger partial charge >= 0.3 is 0 Å². The second kappa shape index (κ2) is 5.72. The Kier molecular flexibility index (Phi) is 4.23. The zero-order valence-corrected chi connectivity index (χ0v) is 12.4. The first-order chi connectivity index (χ1) is 8.97. The van der Waals surface area contributed by atoms with Gasteiger partial charge in [0, 0.05) is 16.6 Å². The maximum absolute atomic E-state index is 6.14. The molecule has 2 rings (SSSR count). The first-order valence-corrected chi connectivity index (χ1v) is 6.77. The normalized spacial score (nSPS) is 10.5. The SMILES string of the molecule is Cc1cc(C)c(NCc2ccc(Cl)cc2Cl)c(N)c1. The van der Waals surface area contributed by atoms with Crippen molar-refractivity contribution < 1.29 is 0 Å². The van der Waals surface area contributed by atoms with Crippen molar-refractivity contribution in [1.29, 1.82) is 0 Å². The van der Waals surface area contributed by atoms with Crippen LogP contribution in [0.1, 0.15) is 16.7 Å². The van der Waals surface area contributed by atoms with Gasteiger partial charge in [0.25, 0.3) is 0 Å². The fraction of sp³-hybridized carbons (Fsp3) is 0.200. The molecule has 0 heterocycles. The predicted molar refractivity (Wildman–Crippen MR) is 84.1 cm³/mol. The highest BCUT2D eigenvalue weighted by molar-refractivity contribution is 6.35. The number of anilines is 2. The maximum Gasteiger partial charge on any atom is 0.0606 e. The number of hydrogen-bond acceptors (Lipinski definition) is 2. The van der Waals surface area contributed by atoms with Crippen LogP contribution in [0.2, 0.25) is 10.0 Å². The van der Waals surface area contributed by atoms with E-state index in [0.29, 0.717) is 16.6 Å². The Bertz CT molecular complexity index is 586. The molecule has 0 atom stereocenters. The molecule has 4 heteroatoms. The fourth-order valence-corrected chi connectivity index (χ4v) is 2.57. The van der Waals surface area contributed by atoms with E-state index >= 15 is 0 Å². The molecule has 100 valence electrons. The van der Waals surface area contributed by atoms with Crippen molar-refractivity contribution in [3.05, 3.63) is 57.1 Å². The number of benzene rings is 2. The van der Waals surface area contributed by atoms with Crippen LogP contribution in [0, 0.1) is 13.8 Å². The van der Waals surface area contributed by atoms with Crippen molar-refractivity contribution in [1.82, 2.24) is 0 Å². The second-order valence-electron chi connectivity index (χ2n) is 4.64. The van der Waals surface area contributed by atoms with Crippen molar-refractivity contribution in [2.75, 3.05) is 11.1 Å². The summed E-state index contributed by atoms with van der Waals surface area (Å²) in [6, 6.07) is 9.54. The van der Waals surface area contributed by atoms with Crippen LogP contribution in [-0.2, 0) is 6.54 Å². The molecule has 0 aromatic heterocycles. The number of rotatable bonds is 3. The fourth-order valence-electron chi connectivity index (χ4n) is 2.09. The van der Waals surface area contributed by atoms with Crippen LogP contribution in [0.25, 0.3) is 0 Å². The van der Waals surface area contributed by atoms with Gasteiger partial charge in [-0.05, 0) is 48.7 Å². The summed E-state index contributed by atoms with van der Waals surface area (Å²) in [4.78, 5) is 0. The average molecular weight is 295 g/mol. The van der Waals surface area contributed by atoms with E-state index < -0.39 is 0 Å². The van der Waals surface area contributed by atoms with Crippen molar-refractivity contribution in [3.63, 3.8) is 0 Å². The van der Waals surface area contributed by atoms with E-state index in [1.807, 2.05) is 32.0 Å². The lowest BCUT2D eigenvalue weighted by Gasteiger charge is -2.14. The van der Waals surface area contributed by atoms with Crippen LogP contribution >= 0.6 is 23.2 Å². The van der Waals surface area contributed by atoms with Crippen LogP contribution in [0.4, 0.5) is 11.4 Å². The summed E-state index contributed by atoms with van der Waals surface area (Å²) in [6.07, 6.45) is 0. The van der Waals surface area contributed by atoms with Crippen LogP contribution in [0.15, 0.2) is 30.3 Å². The molecular formula is C15H16Cl2N2.